The first-order chi connectivity index (χ1) is 8.58. The highest BCUT2D eigenvalue weighted by Crippen LogP contribution is 2.20. The third kappa shape index (κ3) is 2.57. The van der Waals surface area contributed by atoms with Crippen LogP contribution in [-0.4, -0.2) is 15.9 Å². The topological polar surface area (TPSA) is 101 Å². The molecule has 0 aliphatic rings. The fourth-order valence-corrected chi connectivity index (χ4v) is 1.67. The van der Waals surface area contributed by atoms with Crippen molar-refractivity contribution in [3.63, 3.8) is 0 Å². The summed E-state index contributed by atoms with van der Waals surface area (Å²) in [5.74, 6) is -0.156. The number of H-pyrrole nitrogens is 1. The van der Waals surface area contributed by atoms with Gasteiger partial charge >= 0.3 is 0 Å². The van der Waals surface area contributed by atoms with Gasteiger partial charge in [-0.15, -0.1) is 0 Å². The second-order valence-corrected chi connectivity index (χ2v) is 4.26. The lowest BCUT2D eigenvalue weighted by atomic mass is 10.2. The predicted molar refractivity (Wildman–Crippen MR) is 70.8 cm³/mol. The number of primary amides is 1. The van der Waals surface area contributed by atoms with Crippen LogP contribution in [0, 0.1) is 0 Å². The molecule has 18 heavy (non-hydrogen) atoms. The van der Waals surface area contributed by atoms with E-state index >= 15 is 0 Å². The van der Waals surface area contributed by atoms with Gasteiger partial charge in [0.05, 0.1) is 6.33 Å². The zero-order valence-corrected chi connectivity index (χ0v) is 10.7. The van der Waals surface area contributed by atoms with Crippen LogP contribution >= 0.6 is 15.9 Å². The molecule has 0 fully saturated rings. The highest BCUT2D eigenvalue weighted by molar-refractivity contribution is 9.10. The summed E-state index contributed by atoms with van der Waals surface area (Å²) in [4.78, 5) is 28.8. The average Bonchev–Trinajstić information content (AvgIpc) is 2.35. The molecule has 6 nitrogen and oxygen atoms in total. The molecule has 1 heterocycles. The number of nitrogens with two attached hydrogens (primary N) is 1. The smallest absolute Gasteiger partial charge is 0.267 e. The van der Waals surface area contributed by atoms with E-state index in [-0.39, 0.29) is 10.0 Å². The van der Waals surface area contributed by atoms with Gasteiger partial charge in [0.15, 0.2) is 5.82 Å². The number of anilines is 2. The number of nitrogens with one attached hydrogen (secondary N) is 2. The first-order valence-electron chi connectivity index (χ1n) is 4.98. The number of halogens is 1. The molecule has 0 bridgehead atoms. The zero-order valence-electron chi connectivity index (χ0n) is 9.11. The SMILES string of the molecule is NC(=O)c1cccc(Nc2nc[nH]c(=O)c2Br)c1. The first kappa shape index (κ1) is 12.3. The summed E-state index contributed by atoms with van der Waals surface area (Å²) in [5.41, 5.74) is 5.88. The summed E-state index contributed by atoms with van der Waals surface area (Å²) < 4.78 is 0.287. The second kappa shape index (κ2) is 5.01. The van der Waals surface area contributed by atoms with Gasteiger partial charge in [0, 0.05) is 11.3 Å². The molecule has 7 heteroatoms. The van der Waals surface area contributed by atoms with Gasteiger partial charge < -0.3 is 16.0 Å². The standard InChI is InChI=1S/C11H9BrN4O2/c12-8-10(14-5-15-11(8)18)16-7-3-1-2-6(4-7)9(13)17/h1-5H,(H2,13,17)(H2,14,15,16,18). The van der Waals surface area contributed by atoms with Crippen molar-refractivity contribution in [3.8, 4) is 0 Å². The highest BCUT2D eigenvalue weighted by atomic mass is 79.9. The van der Waals surface area contributed by atoms with Crippen LogP contribution in [0.1, 0.15) is 10.4 Å². The largest absolute Gasteiger partial charge is 0.366 e. The van der Waals surface area contributed by atoms with Crippen molar-refractivity contribution in [1.82, 2.24) is 9.97 Å². The Hall–Kier alpha value is -2.15. The Bertz CT molecular complexity index is 653. The molecule has 2 rings (SSSR count). The quantitative estimate of drug-likeness (QED) is 0.797. The number of nitrogens with zero attached hydrogens (tertiary/aromatic N) is 1. The maximum absolute atomic E-state index is 11.3. The van der Waals surface area contributed by atoms with Crippen molar-refractivity contribution < 1.29 is 4.79 Å². The van der Waals surface area contributed by atoms with Crippen LogP contribution in [0.4, 0.5) is 11.5 Å². The summed E-state index contributed by atoms with van der Waals surface area (Å²) in [7, 11) is 0. The number of amides is 1. The minimum atomic E-state index is -0.517. The molecule has 0 radical (unpaired) electrons. The Morgan fingerprint density at radius 2 is 2.22 bits per heavy atom. The lowest BCUT2D eigenvalue weighted by molar-refractivity contribution is 0.100. The summed E-state index contributed by atoms with van der Waals surface area (Å²) in [6.07, 6.45) is 1.29. The molecule has 1 aromatic heterocycles. The van der Waals surface area contributed by atoms with Crippen molar-refractivity contribution in [3.05, 3.63) is 51.0 Å². The van der Waals surface area contributed by atoms with Crippen LogP contribution in [0.2, 0.25) is 0 Å². The summed E-state index contributed by atoms with van der Waals surface area (Å²) in [6, 6.07) is 6.61. The van der Waals surface area contributed by atoms with Crippen LogP contribution < -0.4 is 16.6 Å². The molecule has 1 aromatic carbocycles. The normalized spacial score (nSPS) is 10.1. The Labute approximate surface area is 110 Å². The van der Waals surface area contributed by atoms with Crippen molar-refractivity contribution in [1.29, 1.82) is 0 Å². The molecule has 4 N–H and O–H groups in total. The predicted octanol–water partition coefficient (Wildman–Crippen LogP) is 1.37. The van der Waals surface area contributed by atoms with Gasteiger partial charge in [0.2, 0.25) is 5.91 Å². The highest BCUT2D eigenvalue weighted by Gasteiger charge is 2.06. The van der Waals surface area contributed by atoms with Gasteiger partial charge in [0.25, 0.3) is 5.56 Å². The number of benzene rings is 1. The monoisotopic (exact) mass is 308 g/mol. The number of rotatable bonds is 3. The van der Waals surface area contributed by atoms with Gasteiger partial charge in [-0.1, -0.05) is 6.07 Å². The lowest BCUT2D eigenvalue weighted by Crippen LogP contribution is -2.12. The molecule has 0 aliphatic heterocycles. The molecule has 0 unspecified atom stereocenters. The molecule has 0 saturated heterocycles. The fraction of sp³-hybridized carbons (Fsp3) is 0. The summed E-state index contributed by atoms with van der Waals surface area (Å²) in [5, 5.41) is 2.92. The molecule has 0 saturated carbocycles. The lowest BCUT2D eigenvalue weighted by Gasteiger charge is -2.07. The summed E-state index contributed by atoms with van der Waals surface area (Å²) >= 11 is 3.12. The Kier molecular flexibility index (Phi) is 3.42. The maximum atomic E-state index is 11.3. The van der Waals surface area contributed by atoms with Gasteiger partial charge in [-0.3, -0.25) is 9.59 Å². The molecule has 1 amide bonds. The number of hydrogen-bond acceptors (Lipinski definition) is 4. The Morgan fingerprint density at radius 1 is 1.44 bits per heavy atom. The van der Waals surface area contributed by atoms with E-state index in [1.54, 1.807) is 24.3 Å². The van der Waals surface area contributed by atoms with Crippen LogP contribution in [-0.2, 0) is 0 Å². The van der Waals surface area contributed by atoms with Crippen molar-refractivity contribution in [2.75, 3.05) is 5.32 Å². The molecule has 0 aliphatic carbocycles. The van der Waals surface area contributed by atoms with Crippen molar-refractivity contribution in [2.24, 2.45) is 5.73 Å². The number of aromatic amines is 1. The maximum Gasteiger partial charge on any atom is 0.267 e. The zero-order chi connectivity index (χ0) is 13.1. The van der Waals surface area contributed by atoms with E-state index < -0.39 is 5.91 Å². The Morgan fingerprint density at radius 3 is 2.94 bits per heavy atom. The van der Waals surface area contributed by atoms with E-state index in [1.165, 1.54) is 6.33 Å². The van der Waals surface area contributed by atoms with E-state index in [0.29, 0.717) is 17.1 Å². The van der Waals surface area contributed by atoms with E-state index in [9.17, 15) is 9.59 Å². The number of carbonyl (C=O) groups excluding carboxylic acids is 1. The van der Waals surface area contributed by atoms with Crippen molar-refractivity contribution >= 4 is 33.3 Å². The molecule has 0 atom stereocenters. The van der Waals surface area contributed by atoms with Crippen LogP contribution in [0.5, 0.6) is 0 Å². The van der Waals surface area contributed by atoms with E-state index in [4.69, 9.17) is 5.73 Å². The third-order valence-electron chi connectivity index (χ3n) is 2.21. The van der Waals surface area contributed by atoms with Gasteiger partial charge in [-0.05, 0) is 34.1 Å². The van der Waals surface area contributed by atoms with Crippen LogP contribution in [0.15, 0.2) is 39.9 Å². The second-order valence-electron chi connectivity index (χ2n) is 3.46. The third-order valence-corrected chi connectivity index (χ3v) is 2.94. The van der Waals surface area contributed by atoms with E-state index in [1.807, 2.05) is 0 Å². The fourth-order valence-electron chi connectivity index (χ4n) is 1.36. The average molecular weight is 309 g/mol. The number of aromatic nitrogens is 2. The van der Waals surface area contributed by atoms with Crippen molar-refractivity contribution in [2.45, 2.75) is 0 Å². The van der Waals surface area contributed by atoms with E-state index in [2.05, 4.69) is 31.2 Å². The van der Waals surface area contributed by atoms with E-state index in [0.717, 1.165) is 0 Å². The molecule has 2 aromatic rings. The first-order valence-corrected chi connectivity index (χ1v) is 5.77. The van der Waals surface area contributed by atoms with Crippen LogP contribution in [0.25, 0.3) is 0 Å². The minimum absolute atomic E-state index is 0.287. The van der Waals surface area contributed by atoms with Gasteiger partial charge in [0.1, 0.15) is 4.47 Å². The van der Waals surface area contributed by atoms with Gasteiger partial charge in [-0.2, -0.15) is 0 Å². The summed E-state index contributed by atoms with van der Waals surface area (Å²) in [6.45, 7) is 0. The van der Waals surface area contributed by atoms with Crippen LogP contribution in [0.3, 0.4) is 0 Å². The molecule has 0 spiro atoms. The number of hydrogen-bond donors (Lipinski definition) is 3. The molecular weight excluding hydrogens is 300 g/mol. The van der Waals surface area contributed by atoms with Gasteiger partial charge in [-0.25, -0.2) is 4.98 Å². The Balaban J connectivity index is 2.34. The molecule has 92 valence electrons. The molecular formula is C11H9BrN4O2. The number of carbonyl (C=O) groups is 1. The minimum Gasteiger partial charge on any atom is -0.366 e.